The van der Waals surface area contributed by atoms with Gasteiger partial charge >= 0.3 is 0 Å². The Bertz CT molecular complexity index is 645. The smallest absolute Gasteiger partial charge is 0.227 e. The quantitative estimate of drug-likeness (QED) is 0.873. The van der Waals surface area contributed by atoms with Crippen molar-refractivity contribution in [2.45, 2.75) is 19.8 Å². The van der Waals surface area contributed by atoms with Gasteiger partial charge in [0.25, 0.3) is 0 Å². The second kappa shape index (κ2) is 5.29. The van der Waals surface area contributed by atoms with Gasteiger partial charge in [0.05, 0.1) is 0 Å². The number of halogens is 1. The molecule has 3 rings (SSSR count). The van der Waals surface area contributed by atoms with Crippen molar-refractivity contribution in [2.75, 3.05) is 5.32 Å². The maximum Gasteiger partial charge on any atom is 0.227 e. The molecule has 0 atom stereocenters. The molecule has 102 valence electrons. The van der Waals surface area contributed by atoms with E-state index in [-0.39, 0.29) is 11.8 Å². The minimum absolute atomic E-state index is 0.129. The minimum atomic E-state index is 0.129. The van der Waals surface area contributed by atoms with Crippen LogP contribution >= 0.6 is 11.6 Å². The average Bonchev–Trinajstić information content (AvgIpc) is 3.26. The van der Waals surface area contributed by atoms with E-state index < -0.39 is 0 Å². The third-order valence-electron chi connectivity index (χ3n) is 3.54. The van der Waals surface area contributed by atoms with Crippen LogP contribution in [0.15, 0.2) is 42.5 Å². The first-order chi connectivity index (χ1) is 9.63. The van der Waals surface area contributed by atoms with Gasteiger partial charge in [0, 0.05) is 22.2 Å². The zero-order valence-electron chi connectivity index (χ0n) is 11.3. The SMILES string of the molecule is Cc1ccc(NC(=O)C2CC2)c(-c2ccc(Cl)cc2)c1. The summed E-state index contributed by atoms with van der Waals surface area (Å²) >= 11 is 5.93. The first kappa shape index (κ1) is 13.2. The molecule has 1 fully saturated rings. The molecule has 1 aliphatic rings. The van der Waals surface area contributed by atoms with E-state index in [9.17, 15) is 4.79 Å². The van der Waals surface area contributed by atoms with Gasteiger partial charge in [-0.15, -0.1) is 0 Å². The molecule has 0 radical (unpaired) electrons. The van der Waals surface area contributed by atoms with Crippen molar-refractivity contribution in [3.63, 3.8) is 0 Å². The van der Waals surface area contributed by atoms with Crippen molar-refractivity contribution in [3.05, 3.63) is 53.1 Å². The monoisotopic (exact) mass is 285 g/mol. The van der Waals surface area contributed by atoms with Gasteiger partial charge in [0.15, 0.2) is 0 Å². The Morgan fingerprint density at radius 3 is 2.50 bits per heavy atom. The van der Waals surface area contributed by atoms with Crippen molar-refractivity contribution in [1.29, 1.82) is 0 Å². The van der Waals surface area contributed by atoms with Gasteiger partial charge in [-0.1, -0.05) is 35.4 Å². The fourth-order valence-corrected chi connectivity index (χ4v) is 2.34. The molecule has 1 N–H and O–H groups in total. The summed E-state index contributed by atoms with van der Waals surface area (Å²) in [6, 6.07) is 13.8. The zero-order valence-corrected chi connectivity index (χ0v) is 12.1. The number of hydrogen-bond donors (Lipinski definition) is 1. The average molecular weight is 286 g/mol. The molecule has 2 aromatic rings. The molecular formula is C17H16ClNO. The van der Waals surface area contributed by atoms with Crippen molar-refractivity contribution in [1.82, 2.24) is 0 Å². The van der Waals surface area contributed by atoms with Crippen molar-refractivity contribution in [3.8, 4) is 11.1 Å². The second-order valence-electron chi connectivity index (χ2n) is 5.32. The number of aryl methyl sites for hydroxylation is 1. The van der Waals surface area contributed by atoms with E-state index >= 15 is 0 Å². The maximum absolute atomic E-state index is 12.0. The largest absolute Gasteiger partial charge is 0.325 e. The lowest BCUT2D eigenvalue weighted by Crippen LogP contribution is -2.14. The lowest BCUT2D eigenvalue weighted by molar-refractivity contribution is -0.117. The first-order valence-corrected chi connectivity index (χ1v) is 7.19. The number of rotatable bonds is 3. The van der Waals surface area contributed by atoms with E-state index in [1.165, 1.54) is 5.56 Å². The summed E-state index contributed by atoms with van der Waals surface area (Å²) in [6.45, 7) is 2.05. The van der Waals surface area contributed by atoms with E-state index in [1.807, 2.05) is 43.3 Å². The molecule has 0 heterocycles. The summed E-state index contributed by atoms with van der Waals surface area (Å²) in [4.78, 5) is 12.0. The summed E-state index contributed by atoms with van der Waals surface area (Å²) in [5.41, 5.74) is 4.13. The van der Waals surface area contributed by atoms with Crippen LogP contribution in [-0.2, 0) is 4.79 Å². The van der Waals surface area contributed by atoms with E-state index in [2.05, 4.69) is 11.4 Å². The number of benzene rings is 2. The molecular weight excluding hydrogens is 270 g/mol. The van der Waals surface area contributed by atoms with Gasteiger partial charge in [-0.3, -0.25) is 4.79 Å². The molecule has 0 saturated heterocycles. The van der Waals surface area contributed by atoms with Crippen LogP contribution in [0.5, 0.6) is 0 Å². The number of nitrogens with one attached hydrogen (secondary N) is 1. The summed E-state index contributed by atoms with van der Waals surface area (Å²) in [5, 5.41) is 3.75. The van der Waals surface area contributed by atoms with Crippen molar-refractivity contribution in [2.24, 2.45) is 5.92 Å². The fraction of sp³-hybridized carbons (Fsp3) is 0.235. The molecule has 1 aliphatic carbocycles. The van der Waals surface area contributed by atoms with Crippen LogP contribution in [0.25, 0.3) is 11.1 Å². The van der Waals surface area contributed by atoms with Gasteiger partial charge in [-0.2, -0.15) is 0 Å². The zero-order chi connectivity index (χ0) is 14.1. The third-order valence-corrected chi connectivity index (χ3v) is 3.79. The molecule has 0 unspecified atom stereocenters. The highest BCUT2D eigenvalue weighted by Crippen LogP contribution is 2.34. The van der Waals surface area contributed by atoms with Crippen LogP contribution < -0.4 is 5.32 Å². The fourth-order valence-electron chi connectivity index (χ4n) is 2.22. The maximum atomic E-state index is 12.0. The van der Waals surface area contributed by atoms with Crippen LogP contribution in [0.1, 0.15) is 18.4 Å². The first-order valence-electron chi connectivity index (χ1n) is 6.81. The molecule has 0 bridgehead atoms. The summed E-state index contributed by atoms with van der Waals surface area (Å²) in [7, 11) is 0. The Morgan fingerprint density at radius 2 is 1.85 bits per heavy atom. The molecule has 1 saturated carbocycles. The number of carbonyl (C=O) groups excluding carboxylic acids is 1. The third kappa shape index (κ3) is 2.86. The lowest BCUT2D eigenvalue weighted by Gasteiger charge is -2.12. The van der Waals surface area contributed by atoms with Crippen molar-refractivity contribution < 1.29 is 4.79 Å². The minimum Gasteiger partial charge on any atom is -0.325 e. The van der Waals surface area contributed by atoms with E-state index in [1.54, 1.807) is 0 Å². The normalized spacial score (nSPS) is 14.1. The topological polar surface area (TPSA) is 29.1 Å². The van der Waals surface area contributed by atoms with Crippen LogP contribution in [0, 0.1) is 12.8 Å². The van der Waals surface area contributed by atoms with E-state index in [0.29, 0.717) is 5.02 Å². The van der Waals surface area contributed by atoms with Crippen molar-refractivity contribution >= 4 is 23.2 Å². The highest BCUT2D eigenvalue weighted by molar-refractivity contribution is 6.30. The molecule has 0 aliphatic heterocycles. The summed E-state index contributed by atoms with van der Waals surface area (Å²) in [5.74, 6) is 0.332. The number of anilines is 1. The Kier molecular flexibility index (Phi) is 3.49. The molecule has 1 amide bonds. The summed E-state index contributed by atoms with van der Waals surface area (Å²) in [6.07, 6.45) is 2.02. The van der Waals surface area contributed by atoms with Gasteiger partial charge in [0.1, 0.15) is 0 Å². The Morgan fingerprint density at radius 1 is 1.15 bits per heavy atom. The standard InChI is InChI=1S/C17H16ClNO/c1-11-2-9-16(19-17(20)13-3-4-13)15(10-11)12-5-7-14(18)8-6-12/h2,5-10,13H,3-4H2,1H3,(H,19,20). The van der Waals surface area contributed by atoms with Crippen LogP contribution in [0.3, 0.4) is 0 Å². The van der Waals surface area contributed by atoms with Gasteiger partial charge in [-0.25, -0.2) is 0 Å². The number of carbonyl (C=O) groups is 1. The van der Waals surface area contributed by atoms with E-state index in [0.717, 1.165) is 29.7 Å². The predicted octanol–water partition coefficient (Wildman–Crippen LogP) is 4.66. The molecule has 20 heavy (non-hydrogen) atoms. The number of amides is 1. The van der Waals surface area contributed by atoms with Crippen LogP contribution in [0.2, 0.25) is 5.02 Å². The summed E-state index contributed by atoms with van der Waals surface area (Å²) < 4.78 is 0. The Labute approximate surface area is 123 Å². The highest BCUT2D eigenvalue weighted by atomic mass is 35.5. The molecule has 2 nitrogen and oxygen atoms in total. The van der Waals surface area contributed by atoms with Crippen LogP contribution in [-0.4, -0.2) is 5.91 Å². The highest BCUT2D eigenvalue weighted by Gasteiger charge is 2.29. The Balaban J connectivity index is 1.96. The number of hydrogen-bond acceptors (Lipinski definition) is 1. The van der Waals surface area contributed by atoms with Gasteiger partial charge in [0.2, 0.25) is 5.91 Å². The van der Waals surface area contributed by atoms with Crippen LogP contribution in [0.4, 0.5) is 5.69 Å². The molecule has 2 aromatic carbocycles. The molecule has 0 aromatic heterocycles. The van der Waals surface area contributed by atoms with E-state index in [4.69, 9.17) is 11.6 Å². The lowest BCUT2D eigenvalue weighted by atomic mass is 10.0. The van der Waals surface area contributed by atoms with Gasteiger partial charge < -0.3 is 5.32 Å². The molecule has 0 spiro atoms. The second-order valence-corrected chi connectivity index (χ2v) is 5.76. The van der Waals surface area contributed by atoms with Gasteiger partial charge in [-0.05, 0) is 49.6 Å². The molecule has 3 heteroatoms. The Hall–Kier alpha value is -1.80. The predicted molar refractivity (Wildman–Crippen MR) is 83.0 cm³/mol.